The fourth-order valence-electron chi connectivity index (χ4n) is 1.43. The Labute approximate surface area is 81.2 Å². The second-order valence-electron chi connectivity index (χ2n) is 3.42. The van der Waals surface area contributed by atoms with Crippen LogP contribution in [0, 0.1) is 0 Å². The Morgan fingerprint density at radius 2 is 1.54 bits per heavy atom. The lowest BCUT2D eigenvalue weighted by Gasteiger charge is -2.02. The van der Waals surface area contributed by atoms with Gasteiger partial charge in [-0.15, -0.1) is 0 Å². The second kappa shape index (κ2) is 5.76. The fraction of sp³-hybridized carbons (Fsp3) is 0.500. The molecule has 0 radical (unpaired) electrons. The van der Waals surface area contributed by atoms with E-state index in [0.29, 0.717) is 0 Å². The Kier molecular flexibility index (Phi) is 4.55. The van der Waals surface area contributed by atoms with Crippen molar-refractivity contribution in [1.82, 2.24) is 5.32 Å². The molecule has 1 nitrogen and oxygen atoms in total. The summed E-state index contributed by atoms with van der Waals surface area (Å²) in [7, 11) is 1.99. The first kappa shape index (κ1) is 10.3. The lowest BCUT2D eigenvalue weighted by atomic mass is 10.1. The van der Waals surface area contributed by atoms with Crippen molar-refractivity contribution >= 4 is 0 Å². The van der Waals surface area contributed by atoms with E-state index in [1.165, 1.54) is 24.0 Å². The SMILES string of the molecule is CCCc1ccc(CCNC)cc1. The Morgan fingerprint density at radius 3 is 2.00 bits per heavy atom. The van der Waals surface area contributed by atoms with Crippen LogP contribution in [-0.2, 0) is 12.8 Å². The van der Waals surface area contributed by atoms with Gasteiger partial charge in [0.15, 0.2) is 0 Å². The average molecular weight is 177 g/mol. The first-order valence-electron chi connectivity index (χ1n) is 5.09. The van der Waals surface area contributed by atoms with E-state index in [0.717, 1.165) is 13.0 Å². The summed E-state index contributed by atoms with van der Waals surface area (Å²) in [6, 6.07) is 8.97. The molecule has 0 fully saturated rings. The highest BCUT2D eigenvalue weighted by Crippen LogP contribution is 2.06. The van der Waals surface area contributed by atoms with Crippen molar-refractivity contribution in [2.24, 2.45) is 0 Å². The van der Waals surface area contributed by atoms with Gasteiger partial charge in [0.05, 0.1) is 0 Å². The van der Waals surface area contributed by atoms with E-state index in [2.05, 4.69) is 36.5 Å². The maximum Gasteiger partial charge on any atom is -0.00114 e. The van der Waals surface area contributed by atoms with E-state index in [1.54, 1.807) is 0 Å². The van der Waals surface area contributed by atoms with Gasteiger partial charge in [-0.05, 0) is 37.6 Å². The normalized spacial score (nSPS) is 10.3. The molecule has 13 heavy (non-hydrogen) atoms. The van der Waals surface area contributed by atoms with Gasteiger partial charge in [-0.2, -0.15) is 0 Å². The van der Waals surface area contributed by atoms with Crippen LogP contribution < -0.4 is 5.32 Å². The maximum atomic E-state index is 3.16. The fourth-order valence-corrected chi connectivity index (χ4v) is 1.43. The summed E-state index contributed by atoms with van der Waals surface area (Å²) in [6.07, 6.45) is 3.56. The van der Waals surface area contributed by atoms with Gasteiger partial charge in [0, 0.05) is 0 Å². The highest BCUT2D eigenvalue weighted by atomic mass is 14.8. The molecule has 0 spiro atoms. The zero-order chi connectivity index (χ0) is 9.52. The number of aryl methyl sites for hydroxylation is 1. The summed E-state index contributed by atoms with van der Waals surface area (Å²) < 4.78 is 0. The third kappa shape index (κ3) is 3.60. The molecular formula is C12H19N. The summed E-state index contributed by atoms with van der Waals surface area (Å²) in [6.45, 7) is 3.28. The number of benzene rings is 1. The third-order valence-electron chi connectivity index (χ3n) is 2.23. The molecule has 0 atom stereocenters. The van der Waals surface area contributed by atoms with Crippen LogP contribution in [-0.4, -0.2) is 13.6 Å². The summed E-state index contributed by atoms with van der Waals surface area (Å²) >= 11 is 0. The Balaban J connectivity index is 2.48. The quantitative estimate of drug-likeness (QED) is 0.728. The first-order valence-corrected chi connectivity index (χ1v) is 5.09. The highest BCUT2D eigenvalue weighted by molar-refractivity contribution is 5.22. The maximum absolute atomic E-state index is 3.16. The minimum absolute atomic E-state index is 1.06. The molecule has 0 aliphatic rings. The zero-order valence-corrected chi connectivity index (χ0v) is 8.64. The van der Waals surface area contributed by atoms with Crippen LogP contribution in [0.2, 0.25) is 0 Å². The smallest absolute Gasteiger partial charge is 0.00114 e. The van der Waals surface area contributed by atoms with Crippen LogP contribution in [0.4, 0.5) is 0 Å². The summed E-state index contributed by atoms with van der Waals surface area (Å²) in [5, 5.41) is 3.16. The molecule has 1 rings (SSSR count). The van der Waals surface area contributed by atoms with Gasteiger partial charge < -0.3 is 5.32 Å². The first-order chi connectivity index (χ1) is 6.36. The standard InChI is InChI=1S/C12H19N/c1-3-4-11-5-7-12(8-6-11)9-10-13-2/h5-8,13H,3-4,9-10H2,1-2H3. The van der Waals surface area contributed by atoms with Crippen LogP contribution in [0.5, 0.6) is 0 Å². The summed E-state index contributed by atoms with van der Waals surface area (Å²) in [5.41, 5.74) is 2.88. The largest absolute Gasteiger partial charge is 0.319 e. The van der Waals surface area contributed by atoms with Crippen molar-refractivity contribution in [2.45, 2.75) is 26.2 Å². The van der Waals surface area contributed by atoms with Crippen LogP contribution in [0.3, 0.4) is 0 Å². The predicted molar refractivity (Wildman–Crippen MR) is 58.1 cm³/mol. The lowest BCUT2D eigenvalue weighted by molar-refractivity contribution is 0.791. The molecule has 0 aliphatic heterocycles. The van der Waals surface area contributed by atoms with E-state index in [1.807, 2.05) is 7.05 Å². The third-order valence-corrected chi connectivity index (χ3v) is 2.23. The number of hydrogen-bond acceptors (Lipinski definition) is 1. The molecule has 0 amide bonds. The van der Waals surface area contributed by atoms with E-state index in [9.17, 15) is 0 Å². The number of likely N-dealkylation sites (N-methyl/N-ethyl adjacent to an activating group) is 1. The Hall–Kier alpha value is -0.820. The molecule has 1 heteroatoms. The van der Waals surface area contributed by atoms with Crippen molar-refractivity contribution < 1.29 is 0 Å². The van der Waals surface area contributed by atoms with Crippen molar-refractivity contribution in [3.63, 3.8) is 0 Å². The van der Waals surface area contributed by atoms with Gasteiger partial charge in [0.1, 0.15) is 0 Å². The van der Waals surface area contributed by atoms with E-state index in [4.69, 9.17) is 0 Å². The summed E-state index contributed by atoms with van der Waals surface area (Å²) in [5.74, 6) is 0. The molecule has 0 aromatic heterocycles. The van der Waals surface area contributed by atoms with E-state index >= 15 is 0 Å². The number of nitrogens with one attached hydrogen (secondary N) is 1. The minimum atomic E-state index is 1.06. The zero-order valence-electron chi connectivity index (χ0n) is 8.64. The van der Waals surface area contributed by atoms with Crippen LogP contribution in [0.15, 0.2) is 24.3 Å². The van der Waals surface area contributed by atoms with Crippen LogP contribution in [0.25, 0.3) is 0 Å². The lowest BCUT2D eigenvalue weighted by Crippen LogP contribution is -2.10. The molecule has 0 bridgehead atoms. The van der Waals surface area contributed by atoms with Crippen LogP contribution in [0.1, 0.15) is 24.5 Å². The van der Waals surface area contributed by atoms with Crippen molar-refractivity contribution in [1.29, 1.82) is 0 Å². The molecule has 1 N–H and O–H groups in total. The molecule has 1 aromatic rings. The van der Waals surface area contributed by atoms with Crippen molar-refractivity contribution in [3.05, 3.63) is 35.4 Å². The van der Waals surface area contributed by atoms with Gasteiger partial charge >= 0.3 is 0 Å². The molecule has 0 unspecified atom stereocenters. The number of rotatable bonds is 5. The highest BCUT2D eigenvalue weighted by Gasteiger charge is 1.93. The van der Waals surface area contributed by atoms with Gasteiger partial charge in [-0.1, -0.05) is 37.6 Å². The van der Waals surface area contributed by atoms with E-state index < -0.39 is 0 Å². The molecule has 1 aromatic carbocycles. The molecular weight excluding hydrogens is 158 g/mol. The van der Waals surface area contributed by atoms with Gasteiger partial charge in [0.2, 0.25) is 0 Å². The Bertz CT molecular complexity index is 225. The minimum Gasteiger partial charge on any atom is -0.319 e. The summed E-state index contributed by atoms with van der Waals surface area (Å²) in [4.78, 5) is 0. The molecule has 0 saturated carbocycles. The monoisotopic (exact) mass is 177 g/mol. The topological polar surface area (TPSA) is 12.0 Å². The average Bonchev–Trinajstić information content (AvgIpc) is 2.17. The second-order valence-corrected chi connectivity index (χ2v) is 3.42. The van der Waals surface area contributed by atoms with Gasteiger partial charge in [-0.3, -0.25) is 0 Å². The van der Waals surface area contributed by atoms with Gasteiger partial charge in [-0.25, -0.2) is 0 Å². The molecule has 0 saturated heterocycles. The Morgan fingerprint density at radius 1 is 1.00 bits per heavy atom. The molecule has 0 heterocycles. The predicted octanol–water partition coefficient (Wildman–Crippen LogP) is 2.40. The van der Waals surface area contributed by atoms with Crippen LogP contribution >= 0.6 is 0 Å². The molecule has 72 valence electrons. The van der Waals surface area contributed by atoms with E-state index in [-0.39, 0.29) is 0 Å². The van der Waals surface area contributed by atoms with Gasteiger partial charge in [0.25, 0.3) is 0 Å². The molecule has 0 aliphatic carbocycles. The van der Waals surface area contributed by atoms with Crippen molar-refractivity contribution in [3.8, 4) is 0 Å². The van der Waals surface area contributed by atoms with Crippen molar-refractivity contribution in [2.75, 3.05) is 13.6 Å². The number of hydrogen-bond donors (Lipinski definition) is 1.